The second-order valence-corrected chi connectivity index (χ2v) is 6.98. The molecule has 3 heteroatoms. The first-order valence-electron chi connectivity index (χ1n) is 6.31. The van der Waals surface area contributed by atoms with Crippen LogP contribution < -0.4 is 0 Å². The standard InChI is InChI=1S/C16H14O2S/c17-15(18)11-14-16(12-7-3-1-4-8-12)19(14)13-9-5-2-6-10-13/h1-10,14,16H,11H2/p+1. The smallest absolute Gasteiger partial charge is 0.308 e. The monoisotopic (exact) mass is 271 g/mol. The normalized spacial score (nSPS) is 24.9. The molecule has 2 aromatic rings. The maximum Gasteiger partial charge on any atom is 0.308 e. The van der Waals surface area contributed by atoms with Crippen LogP contribution in [-0.2, 0) is 15.7 Å². The summed E-state index contributed by atoms with van der Waals surface area (Å²) in [6, 6.07) is 20.5. The summed E-state index contributed by atoms with van der Waals surface area (Å²) in [4.78, 5) is 12.3. The third kappa shape index (κ3) is 2.51. The van der Waals surface area contributed by atoms with Crippen molar-refractivity contribution in [1.82, 2.24) is 0 Å². The Morgan fingerprint density at radius 2 is 1.58 bits per heavy atom. The lowest BCUT2D eigenvalue weighted by Gasteiger charge is -1.92. The molecule has 1 aliphatic heterocycles. The van der Waals surface area contributed by atoms with E-state index in [4.69, 9.17) is 5.11 Å². The van der Waals surface area contributed by atoms with Gasteiger partial charge in [-0.1, -0.05) is 48.5 Å². The second-order valence-electron chi connectivity index (χ2n) is 4.65. The van der Waals surface area contributed by atoms with Crippen molar-refractivity contribution in [2.24, 2.45) is 0 Å². The van der Waals surface area contributed by atoms with Crippen molar-refractivity contribution in [3.63, 3.8) is 0 Å². The minimum absolute atomic E-state index is 0.0431. The summed E-state index contributed by atoms with van der Waals surface area (Å²) in [6.45, 7) is 0. The molecule has 0 spiro atoms. The molecule has 3 unspecified atom stereocenters. The van der Waals surface area contributed by atoms with E-state index in [0.29, 0.717) is 5.25 Å². The van der Waals surface area contributed by atoms with Gasteiger partial charge in [-0.3, -0.25) is 4.79 Å². The lowest BCUT2D eigenvalue weighted by Crippen LogP contribution is -2.02. The second kappa shape index (κ2) is 5.10. The van der Waals surface area contributed by atoms with E-state index < -0.39 is 5.97 Å². The summed E-state index contributed by atoms with van der Waals surface area (Å²) in [7, 11) is 0.0431. The summed E-state index contributed by atoms with van der Waals surface area (Å²) >= 11 is 0. The molecule has 19 heavy (non-hydrogen) atoms. The van der Waals surface area contributed by atoms with E-state index in [0.717, 1.165) is 0 Å². The molecule has 1 saturated heterocycles. The summed E-state index contributed by atoms with van der Waals surface area (Å²) in [5, 5.41) is 9.68. The van der Waals surface area contributed by atoms with Crippen molar-refractivity contribution >= 4 is 16.9 Å². The Morgan fingerprint density at radius 1 is 1.00 bits per heavy atom. The maximum absolute atomic E-state index is 11.0. The fourth-order valence-electron chi connectivity index (χ4n) is 2.52. The van der Waals surface area contributed by atoms with Gasteiger partial charge in [0.05, 0.1) is 6.42 Å². The number of benzene rings is 2. The molecule has 1 heterocycles. The van der Waals surface area contributed by atoms with Gasteiger partial charge < -0.3 is 5.11 Å². The van der Waals surface area contributed by atoms with Gasteiger partial charge in [-0.25, -0.2) is 0 Å². The van der Waals surface area contributed by atoms with E-state index in [1.807, 2.05) is 36.4 Å². The summed E-state index contributed by atoms with van der Waals surface area (Å²) in [5.74, 6) is -0.697. The zero-order valence-electron chi connectivity index (χ0n) is 10.4. The number of carboxylic acid groups (broad SMARTS) is 1. The zero-order chi connectivity index (χ0) is 13.2. The largest absolute Gasteiger partial charge is 0.481 e. The van der Waals surface area contributed by atoms with Gasteiger partial charge in [0.1, 0.15) is 0 Å². The van der Waals surface area contributed by atoms with E-state index in [9.17, 15) is 4.79 Å². The maximum atomic E-state index is 11.0. The number of hydrogen-bond donors (Lipinski definition) is 1. The van der Waals surface area contributed by atoms with E-state index >= 15 is 0 Å². The van der Waals surface area contributed by atoms with Crippen LogP contribution in [0.5, 0.6) is 0 Å². The fraction of sp³-hybridized carbons (Fsp3) is 0.188. The lowest BCUT2D eigenvalue weighted by atomic mass is 10.1. The predicted molar refractivity (Wildman–Crippen MR) is 77.3 cm³/mol. The molecule has 96 valence electrons. The van der Waals surface area contributed by atoms with Crippen molar-refractivity contribution < 1.29 is 9.90 Å². The minimum atomic E-state index is -0.697. The van der Waals surface area contributed by atoms with E-state index in [-0.39, 0.29) is 22.6 Å². The summed E-state index contributed by atoms with van der Waals surface area (Å²) in [5.41, 5.74) is 1.26. The highest BCUT2D eigenvalue weighted by Gasteiger charge is 2.65. The number of carboxylic acids is 1. The Kier molecular flexibility index (Phi) is 3.30. The molecule has 3 rings (SSSR count). The van der Waals surface area contributed by atoms with Crippen LogP contribution in [0.4, 0.5) is 0 Å². The van der Waals surface area contributed by atoms with Gasteiger partial charge in [-0.05, 0) is 12.1 Å². The van der Waals surface area contributed by atoms with Crippen LogP contribution in [0.1, 0.15) is 17.2 Å². The molecule has 2 aromatic carbocycles. The average Bonchev–Trinajstić information content (AvgIpc) is 3.14. The Bertz CT molecular complexity index is 522. The van der Waals surface area contributed by atoms with E-state index in [1.165, 1.54) is 10.5 Å². The van der Waals surface area contributed by atoms with Gasteiger partial charge in [0.25, 0.3) is 0 Å². The Hall–Kier alpha value is -1.74. The van der Waals surface area contributed by atoms with Crippen LogP contribution in [0.15, 0.2) is 65.6 Å². The molecule has 0 amide bonds. The third-order valence-corrected chi connectivity index (χ3v) is 6.12. The Balaban J connectivity index is 1.88. The molecule has 0 saturated carbocycles. The van der Waals surface area contributed by atoms with Crippen molar-refractivity contribution in [3.05, 3.63) is 66.2 Å². The number of rotatable bonds is 4. The quantitative estimate of drug-likeness (QED) is 0.684. The Labute approximate surface area is 115 Å². The predicted octanol–water partition coefficient (Wildman–Crippen LogP) is 3.26. The number of hydrogen-bond acceptors (Lipinski definition) is 1. The first-order chi connectivity index (χ1) is 9.27. The van der Waals surface area contributed by atoms with Gasteiger partial charge in [0.2, 0.25) is 0 Å². The number of carbonyl (C=O) groups is 1. The van der Waals surface area contributed by atoms with Crippen molar-refractivity contribution in [3.8, 4) is 0 Å². The highest BCUT2D eigenvalue weighted by molar-refractivity contribution is 8.04. The lowest BCUT2D eigenvalue weighted by molar-refractivity contribution is -0.136. The molecule has 0 aromatic heterocycles. The molecule has 2 nitrogen and oxygen atoms in total. The summed E-state index contributed by atoms with van der Waals surface area (Å²) in [6.07, 6.45) is 0.261. The molecule has 1 aliphatic rings. The minimum Gasteiger partial charge on any atom is -0.481 e. The molecule has 3 atom stereocenters. The molecular weight excluding hydrogens is 256 g/mol. The van der Waals surface area contributed by atoms with Crippen LogP contribution >= 0.6 is 0 Å². The van der Waals surface area contributed by atoms with Gasteiger partial charge in [-0.15, -0.1) is 0 Å². The van der Waals surface area contributed by atoms with Crippen molar-refractivity contribution in [2.75, 3.05) is 0 Å². The highest BCUT2D eigenvalue weighted by Crippen LogP contribution is 2.55. The van der Waals surface area contributed by atoms with Gasteiger partial charge in [0, 0.05) is 16.5 Å². The summed E-state index contributed by atoms with van der Waals surface area (Å²) < 4.78 is 0. The van der Waals surface area contributed by atoms with Gasteiger partial charge in [0.15, 0.2) is 15.4 Å². The first-order valence-corrected chi connectivity index (χ1v) is 7.66. The molecule has 1 fully saturated rings. The molecule has 1 N–H and O–H groups in total. The third-order valence-electron chi connectivity index (χ3n) is 3.38. The zero-order valence-corrected chi connectivity index (χ0v) is 11.2. The number of aliphatic carboxylic acids is 1. The van der Waals surface area contributed by atoms with E-state index in [1.54, 1.807) is 0 Å². The molecule has 0 bridgehead atoms. The van der Waals surface area contributed by atoms with Crippen LogP contribution in [0, 0.1) is 0 Å². The highest BCUT2D eigenvalue weighted by atomic mass is 32.2. The molecular formula is C16H15O2S+. The van der Waals surface area contributed by atoms with E-state index in [2.05, 4.69) is 24.3 Å². The van der Waals surface area contributed by atoms with Crippen LogP contribution in [0.25, 0.3) is 0 Å². The SMILES string of the molecule is O=C(O)CC1C(c2ccccc2)[S+]1c1ccccc1. The van der Waals surface area contributed by atoms with Crippen LogP contribution in [0.3, 0.4) is 0 Å². The molecule has 0 radical (unpaired) electrons. The Morgan fingerprint density at radius 3 is 2.16 bits per heavy atom. The van der Waals surface area contributed by atoms with Crippen molar-refractivity contribution in [1.29, 1.82) is 0 Å². The van der Waals surface area contributed by atoms with Gasteiger partial charge >= 0.3 is 5.97 Å². The van der Waals surface area contributed by atoms with Crippen LogP contribution in [0.2, 0.25) is 0 Å². The van der Waals surface area contributed by atoms with Gasteiger partial charge in [-0.2, -0.15) is 0 Å². The molecule has 0 aliphatic carbocycles. The topological polar surface area (TPSA) is 37.3 Å². The first kappa shape index (κ1) is 12.3. The van der Waals surface area contributed by atoms with Crippen LogP contribution in [-0.4, -0.2) is 16.3 Å². The fourth-order valence-corrected chi connectivity index (χ4v) is 5.34. The van der Waals surface area contributed by atoms with Crippen molar-refractivity contribution in [2.45, 2.75) is 21.8 Å². The average molecular weight is 271 g/mol.